The number of para-hydroxylation sites is 1. The Bertz CT molecular complexity index is 854. The lowest BCUT2D eigenvalue weighted by atomic mass is 10.3. The zero-order valence-electron chi connectivity index (χ0n) is 12.4. The van der Waals surface area contributed by atoms with Gasteiger partial charge in [-0.2, -0.15) is 0 Å². The van der Waals surface area contributed by atoms with Crippen LogP contribution in [0.25, 0.3) is 10.2 Å². The molecular weight excluding hydrogens is 334 g/mol. The fourth-order valence-corrected chi connectivity index (χ4v) is 3.99. The van der Waals surface area contributed by atoms with Crippen LogP contribution in [0.1, 0.15) is 27.6 Å². The molecule has 0 N–H and O–H groups in total. The topological polar surface area (TPSA) is 76.3 Å². The Balaban J connectivity index is 1.84. The molecule has 3 rings (SSSR count). The van der Waals surface area contributed by atoms with Gasteiger partial charge in [0, 0.05) is 13.1 Å². The van der Waals surface area contributed by atoms with E-state index in [0.717, 1.165) is 26.6 Å². The van der Waals surface area contributed by atoms with Gasteiger partial charge in [-0.25, -0.2) is 4.98 Å². The van der Waals surface area contributed by atoms with Crippen molar-refractivity contribution in [2.45, 2.75) is 13.0 Å². The first-order chi connectivity index (χ1) is 11.0. The number of benzene rings is 1. The zero-order chi connectivity index (χ0) is 16.6. The Hall–Kier alpha value is -2.32. The Labute approximate surface area is 140 Å². The molecule has 0 saturated heterocycles. The first kappa shape index (κ1) is 15.6. The van der Waals surface area contributed by atoms with Gasteiger partial charge in [-0.05, 0) is 25.1 Å². The summed E-state index contributed by atoms with van der Waals surface area (Å²) in [6.45, 7) is 1.90. The molecule has 0 aliphatic carbocycles. The SMILES string of the molecule is C[C@@H](c1nc2ccccc2s1)N(C)C(=O)c1ccc([N+](=O)[O-])s1. The van der Waals surface area contributed by atoms with E-state index < -0.39 is 4.92 Å². The molecule has 0 spiro atoms. The minimum Gasteiger partial charge on any atom is -0.332 e. The predicted octanol–water partition coefficient (Wildman–Crippen LogP) is 4.10. The van der Waals surface area contributed by atoms with Gasteiger partial charge in [-0.1, -0.05) is 23.5 Å². The highest BCUT2D eigenvalue weighted by Gasteiger charge is 2.24. The summed E-state index contributed by atoms with van der Waals surface area (Å²) in [6, 6.07) is 10.5. The lowest BCUT2D eigenvalue weighted by molar-refractivity contribution is -0.380. The maximum atomic E-state index is 12.5. The van der Waals surface area contributed by atoms with Gasteiger partial charge < -0.3 is 4.90 Å². The van der Waals surface area contributed by atoms with Crippen molar-refractivity contribution in [1.82, 2.24) is 9.88 Å². The van der Waals surface area contributed by atoms with E-state index in [2.05, 4.69) is 4.98 Å². The number of amides is 1. The van der Waals surface area contributed by atoms with E-state index in [1.165, 1.54) is 12.1 Å². The molecule has 0 aliphatic heterocycles. The summed E-state index contributed by atoms with van der Waals surface area (Å²) in [5, 5.41) is 11.6. The highest BCUT2D eigenvalue weighted by atomic mass is 32.1. The first-order valence-electron chi connectivity index (χ1n) is 6.84. The number of nitrogens with zero attached hydrogens (tertiary/aromatic N) is 3. The molecule has 0 fully saturated rings. The standard InChI is InChI=1S/C15H13N3O3S2/c1-9(14-16-10-5-3-4-6-11(10)23-14)17(2)15(19)12-7-8-13(22-12)18(20)21/h3-9H,1-2H3/t9-/m0/s1. The fraction of sp³-hybridized carbons (Fsp3) is 0.200. The minimum absolute atomic E-state index is 0.0330. The molecule has 0 saturated carbocycles. The smallest absolute Gasteiger partial charge is 0.324 e. The van der Waals surface area contributed by atoms with Gasteiger partial charge in [0.15, 0.2) is 0 Å². The molecule has 1 atom stereocenters. The molecule has 2 heterocycles. The van der Waals surface area contributed by atoms with E-state index >= 15 is 0 Å². The van der Waals surface area contributed by atoms with Crippen molar-refractivity contribution >= 4 is 43.8 Å². The third kappa shape index (κ3) is 2.95. The van der Waals surface area contributed by atoms with Crippen LogP contribution in [-0.2, 0) is 0 Å². The monoisotopic (exact) mass is 347 g/mol. The zero-order valence-corrected chi connectivity index (χ0v) is 14.1. The maximum absolute atomic E-state index is 12.5. The predicted molar refractivity (Wildman–Crippen MR) is 91.1 cm³/mol. The summed E-state index contributed by atoms with van der Waals surface area (Å²) >= 11 is 2.43. The van der Waals surface area contributed by atoms with Crippen molar-refractivity contribution in [2.24, 2.45) is 0 Å². The lowest BCUT2D eigenvalue weighted by Gasteiger charge is -2.22. The van der Waals surface area contributed by atoms with Crippen LogP contribution in [0.3, 0.4) is 0 Å². The number of thiophene rings is 1. The average Bonchev–Trinajstić information content (AvgIpc) is 3.19. The Kier molecular flexibility index (Phi) is 4.10. The molecular formula is C15H13N3O3S2. The van der Waals surface area contributed by atoms with Crippen LogP contribution in [0.5, 0.6) is 0 Å². The van der Waals surface area contributed by atoms with Crippen molar-refractivity contribution in [2.75, 3.05) is 7.05 Å². The van der Waals surface area contributed by atoms with E-state index in [-0.39, 0.29) is 17.0 Å². The number of thiazole rings is 1. The number of rotatable bonds is 4. The van der Waals surface area contributed by atoms with Crippen LogP contribution in [-0.4, -0.2) is 27.8 Å². The molecule has 0 bridgehead atoms. The van der Waals surface area contributed by atoms with Crippen LogP contribution in [0, 0.1) is 10.1 Å². The second-order valence-electron chi connectivity index (χ2n) is 5.01. The molecule has 0 unspecified atom stereocenters. The molecule has 0 aliphatic rings. The molecule has 23 heavy (non-hydrogen) atoms. The number of carbonyl (C=O) groups is 1. The number of carbonyl (C=O) groups excluding carboxylic acids is 1. The van der Waals surface area contributed by atoms with Gasteiger partial charge in [0.05, 0.1) is 26.1 Å². The number of fused-ring (bicyclic) bond motifs is 1. The number of hydrogen-bond donors (Lipinski definition) is 0. The quantitative estimate of drug-likeness (QED) is 0.526. The van der Waals surface area contributed by atoms with Gasteiger partial charge in [-0.3, -0.25) is 14.9 Å². The van der Waals surface area contributed by atoms with Gasteiger partial charge in [0.2, 0.25) is 0 Å². The first-order valence-corrected chi connectivity index (χ1v) is 8.47. The van der Waals surface area contributed by atoms with E-state index in [1.54, 1.807) is 23.3 Å². The van der Waals surface area contributed by atoms with Crippen LogP contribution in [0.15, 0.2) is 36.4 Å². The molecule has 3 aromatic rings. The Morgan fingerprint density at radius 3 is 2.65 bits per heavy atom. The van der Waals surface area contributed by atoms with Crippen LogP contribution in [0.2, 0.25) is 0 Å². The van der Waals surface area contributed by atoms with E-state index in [1.807, 2.05) is 31.2 Å². The van der Waals surface area contributed by atoms with Crippen LogP contribution >= 0.6 is 22.7 Å². The average molecular weight is 347 g/mol. The van der Waals surface area contributed by atoms with Crippen molar-refractivity contribution < 1.29 is 9.72 Å². The molecule has 0 radical (unpaired) electrons. The molecule has 8 heteroatoms. The summed E-state index contributed by atoms with van der Waals surface area (Å²) in [6.07, 6.45) is 0. The van der Waals surface area contributed by atoms with E-state index in [9.17, 15) is 14.9 Å². The maximum Gasteiger partial charge on any atom is 0.324 e. The summed E-state index contributed by atoms with van der Waals surface area (Å²) in [7, 11) is 1.69. The lowest BCUT2D eigenvalue weighted by Crippen LogP contribution is -2.28. The largest absolute Gasteiger partial charge is 0.332 e. The van der Waals surface area contributed by atoms with E-state index in [4.69, 9.17) is 0 Å². The molecule has 2 aromatic heterocycles. The molecule has 1 aromatic carbocycles. The van der Waals surface area contributed by atoms with Crippen molar-refractivity contribution in [1.29, 1.82) is 0 Å². The number of hydrogen-bond acceptors (Lipinski definition) is 6. The van der Waals surface area contributed by atoms with Gasteiger partial charge in [0.1, 0.15) is 5.01 Å². The van der Waals surface area contributed by atoms with Gasteiger partial charge in [0.25, 0.3) is 5.91 Å². The Morgan fingerprint density at radius 1 is 1.26 bits per heavy atom. The van der Waals surface area contributed by atoms with Crippen molar-refractivity contribution in [3.8, 4) is 0 Å². The molecule has 1 amide bonds. The molecule has 6 nitrogen and oxygen atoms in total. The summed E-state index contributed by atoms with van der Waals surface area (Å²) < 4.78 is 1.07. The number of aromatic nitrogens is 1. The minimum atomic E-state index is -0.488. The highest BCUT2D eigenvalue weighted by molar-refractivity contribution is 7.18. The van der Waals surface area contributed by atoms with Crippen molar-refractivity contribution in [3.05, 3.63) is 56.4 Å². The van der Waals surface area contributed by atoms with E-state index in [0.29, 0.717) is 4.88 Å². The Morgan fingerprint density at radius 2 is 2.00 bits per heavy atom. The van der Waals surface area contributed by atoms with Crippen molar-refractivity contribution in [3.63, 3.8) is 0 Å². The third-order valence-corrected chi connectivity index (χ3v) is 5.78. The molecule has 118 valence electrons. The third-order valence-electron chi connectivity index (χ3n) is 3.55. The second kappa shape index (κ2) is 6.05. The summed E-state index contributed by atoms with van der Waals surface area (Å²) in [5.74, 6) is -0.241. The summed E-state index contributed by atoms with van der Waals surface area (Å²) in [5.41, 5.74) is 0.909. The highest BCUT2D eigenvalue weighted by Crippen LogP contribution is 2.31. The van der Waals surface area contributed by atoms with Crippen LogP contribution in [0.4, 0.5) is 5.00 Å². The summed E-state index contributed by atoms with van der Waals surface area (Å²) in [4.78, 5) is 29.2. The number of nitro groups is 1. The normalized spacial score (nSPS) is 12.3. The fourth-order valence-electron chi connectivity index (χ4n) is 2.12. The van der Waals surface area contributed by atoms with Gasteiger partial charge in [-0.15, -0.1) is 11.3 Å². The van der Waals surface area contributed by atoms with Crippen LogP contribution < -0.4 is 0 Å². The van der Waals surface area contributed by atoms with Gasteiger partial charge >= 0.3 is 5.00 Å². The second-order valence-corrected chi connectivity index (χ2v) is 7.13.